The van der Waals surface area contributed by atoms with Crippen LogP contribution in [0.4, 0.5) is 5.82 Å². The molecule has 0 aliphatic heterocycles. The number of allylic oxidation sites excluding steroid dienone is 3. The van der Waals surface area contributed by atoms with E-state index in [1.165, 1.54) is 0 Å². The maximum absolute atomic E-state index is 8.97. The molecule has 1 aromatic carbocycles. The summed E-state index contributed by atoms with van der Waals surface area (Å²) in [6.45, 7) is 4.05. The summed E-state index contributed by atoms with van der Waals surface area (Å²) in [4.78, 5) is 6.45. The quantitative estimate of drug-likeness (QED) is 0.871. The minimum absolute atomic E-state index is 0.641. The molecule has 122 valence electrons. The zero-order valence-corrected chi connectivity index (χ0v) is 14.5. The average molecular weight is 318 g/mol. The number of hydrogen-bond acceptors (Lipinski definition) is 4. The summed E-state index contributed by atoms with van der Waals surface area (Å²) >= 11 is 0. The topological polar surface area (TPSA) is 65.9 Å². The highest BCUT2D eigenvalue weighted by atomic mass is 15.1. The van der Waals surface area contributed by atoms with E-state index in [-0.39, 0.29) is 0 Å². The van der Waals surface area contributed by atoms with Crippen molar-refractivity contribution in [2.24, 2.45) is 5.73 Å². The minimum Gasteiger partial charge on any atom is -0.404 e. The van der Waals surface area contributed by atoms with Crippen LogP contribution in [0.2, 0.25) is 0 Å². The van der Waals surface area contributed by atoms with E-state index >= 15 is 0 Å². The molecule has 1 heterocycles. The summed E-state index contributed by atoms with van der Waals surface area (Å²) in [5.74, 6) is 0.914. The zero-order chi connectivity index (χ0) is 17.7. The van der Waals surface area contributed by atoms with Gasteiger partial charge in [-0.25, -0.2) is 4.98 Å². The van der Waals surface area contributed by atoms with Crippen LogP contribution < -0.4 is 10.6 Å². The van der Waals surface area contributed by atoms with Crippen molar-refractivity contribution in [1.82, 2.24) is 4.98 Å². The molecule has 0 saturated carbocycles. The predicted molar refractivity (Wildman–Crippen MR) is 100 cm³/mol. The smallest absolute Gasteiger partial charge is 0.127 e. The van der Waals surface area contributed by atoms with Crippen LogP contribution in [0.25, 0.3) is 11.1 Å². The molecule has 4 nitrogen and oxygen atoms in total. The molecule has 4 heteroatoms. The van der Waals surface area contributed by atoms with Gasteiger partial charge in [0.25, 0.3) is 0 Å². The van der Waals surface area contributed by atoms with Crippen molar-refractivity contribution in [3.05, 3.63) is 71.1 Å². The van der Waals surface area contributed by atoms with Gasteiger partial charge in [-0.1, -0.05) is 12.1 Å². The third kappa shape index (κ3) is 3.64. The fourth-order valence-electron chi connectivity index (χ4n) is 2.55. The molecule has 0 saturated heterocycles. The Morgan fingerprint density at radius 3 is 2.17 bits per heavy atom. The van der Waals surface area contributed by atoms with Crippen LogP contribution in [0.1, 0.15) is 30.5 Å². The molecule has 2 rings (SSSR count). The lowest BCUT2D eigenvalue weighted by Gasteiger charge is -2.15. The molecule has 0 atom stereocenters. The third-order valence-electron chi connectivity index (χ3n) is 3.96. The van der Waals surface area contributed by atoms with Gasteiger partial charge in [0.15, 0.2) is 0 Å². The Morgan fingerprint density at radius 1 is 1.08 bits per heavy atom. The predicted octanol–water partition coefficient (Wildman–Crippen LogP) is 3.81. The monoisotopic (exact) mass is 318 g/mol. The minimum atomic E-state index is 0.641. The van der Waals surface area contributed by atoms with Crippen molar-refractivity contribution in [2.75, 3.05) is 19.0 Å². The second kappa shape index (κ2) is 7.47. The van der Waals surface area contributed by atoms with Crippen LogP contribution in [0.3, 0.4) is 0 Å². The molecule has 0 unspecified atom stereocenters. The van der Waals surface area contributed by atoms with Gasteiger partial charge in [-0.15, -0.1) is 0 Å². The Morgan fingerprint density at radius 2 is 1.71 bits per heavy atom. The zero-order valence-electron chi connectivity index (χ0n) is 14.5. The summed E-state index contributed by atoms with van der Waals surface area (Å²) in [6.07, 6.45) is 3.48. The van der Waals surface area contributed by atoms with E-state index in [2.05, 4.69) is 24.0 Å². The highest BCUT2D eigenvalue weighted by Crippen LogP contribution is 2.31. The number of nitriles is 1. The highest BCUT2D eigenvalue weighted by Gasteiger charge is 2.11. The van der Waals surface area contributed by atoms with Crippen LogP contribution >= 0.6 is 0 Å². The van der Waals surface area contributed by atoms with E-state index in [9.17, 15) is 0 Å². The van der Waals surface area contributed by atoms with Crippen molar-refractivity contribution in [2.45, 2.75) is 13.8 Å². The lowest BCUT2D eigenvalue weighted by molar-refractivity contribution is 1.07. The van der Waals surface area contributed by atoms with Crippen LogP contribution in [0.15, 0.2) is 54.4 Å². The number of pyridine rings is 1. The van der Waals surface area contributed by atoms with Crippen LogP contribution in [0.5, 0.6) is 0 Å². The molecule has 0 aliphatic carbocycles. The lowest BCUT2D eigenvalue weighted by atomic mass is 9.91. The summed E-state index contributed by atoms with van der Waals surface area (Å²) in [6, 6.07) is 13.7. The normalized spacial score (nSPS) is 12.4. The average Bonchev–Trinajstić information content (AvgIpc) is 2.62. The largest absolute Gasteiger partial charge is 0.404 e. The summed E-state index contributed by atoms with van der Waals surface area (Å²) in [7, 11) is 3.93. The van der Waals surface area contributed by atoms with Gasteiger partial charge in [-0.05, 0) is 72.2 Å². The standard InChI is InChI=1S/C20H22N4/c1-14(11-21)20(17-7-5-16(12-22)6-8-17)15(2)18-9-10-19(23-13-18)24(3)4/h5-11,13H,21H2,1-4H3/b14-11-,20-15-. The van der Waals surface area contributed by atoms with Gasteiger partial charge >= 0.3 is 0 Å². The Balaban J connectivity index is 2.56. The van der Waals surface area contributed by atoms with E-state index in [1.54, 1.807) is 6.20 Å². The third-order valence-corrected chi connectivity index (χ3v) is 3.96. The molecule has 0 amide bonds. The molecule has 0 fully saturated rings. The number of nitrogens with two attached hydrogens (primary N) is 1. The van der Waals surface area contributed by atoms with E-state index in [4.69, 9.17) is 11.0 Å². The van der Waals surface area contributed by atoms with Crippen molar-refractivity contribution < 1.29 is 0 Å². The second-order valence-electron chi connectivity index (χ2n) is 5.84. The molecule has 1 aromatic heterocycles. The number of benzene rings is 1. The summed E-state index contributed by atoms with van der Waals surface area (Å²) < 4.78 is 0. The van der Waals surface area contributed by atoms with Gasteiger partial charge in [0.05, 0.1) is 11.6 Å². The van der Waals surface area contributed by atoms with E-state index in [0.717, 1.165) is 33.7 Å². The lowest BCUT2D eigenvalue weighted by Crippen LogP contribution is -2.10. The Bertz CT molecular complexity index is 804. The van der Waals surface area contributed by atoms with Gasteiger partial charge in [0, 0.05) is 20.3 Å². The first-order valence-corrected chi connectivity index (χ1v) is 7.72. The van der Waals surface area contributed by atoms with E-state index in [1.807, 2.05) is 62.4 Å². The Labute approximate surface area is 143 Å². The second-order valence-corrected chi connectivity index (χ2v) is 5.84. The highest BCUT2D eigenvalue weighted by molar-refractivity contribution is 5.97. The van der Waals surface area contributed by atoms with E-state index in [0.29, 0.717) is 5.56 Å². The maximum Gasteiger partial charge on any atom is 0.127 e. The first kappa shape index (κ1) is 17.3. The SMILES string of the molecule is CC(=C/N)/C(=C(\C)c1ccc(N(C)C)nc1)c1ccc(C#N)cc1. The molecule has 0 radical (unpaired) electrons. The molecular formula is C20H22N4. The first-order chi connectivity index (χ1) is 11.5. The molecule has 2 aromatic rings. The van der Waals surface area contributed by atoms with E-state index < -0.39 is 0 Å². The van der Waals surface area contributed by atoms with Gasteiger partial charge in [-0.3, -0.25) is 0 Å². The van der Waals surface area contributed by atoms with Gasteiger partial charge < -0.3 is 10.6 Å². The molecule has 2 N–H and O–H groups in total. The summed E-state index contributed by atoms with van der Waals surface area (Å²) in [5, 5.41) is 8.97. The van der Waals surface area contributed by atoms with Crippen LogP contribution in [-0.4, -0.2) is 19.1 Å². The maximum atomic E-state index is 8.97. The van der Waals surface area contributed by atoms with Gasteiger partial charge in [-0.2, -0.15) is 5.26 Å². The number of aromatic nitrogens is 1. The fraction of sp³-hybridized carbons (Fsp3) is 0.200. The number of hydrogen-bond donors (Lipinski definition) is 1. The van der Waals surface area contributed by atoms with Crippen molar-refractivity contribution in [3.8, 4) is 6.07 Å². The number of nitrogens with zero attached hydrogens (tertiary/aromatic N) is 3. The van der Waals surface area contributed by atoms with Crippen molar-refractivity contribution >= 4 is 17.0 Å². The molecule has 0 aliphatic rings. The van der Waals surface area contributed by atoms with Crippen molar-refractivity contribution in [1.29, 1.82) is 5.26 Å². The first-order valence-electron chi connectivity index (χ1n) is 7.72. The Hall–Kier alpha value is -3.06. The number of anilines is 1. The van der Waals surface area contributed by atoms with Crippen LogP contribution in [0, 0.1) is 11.3 Å². The Kier molecular flexibility index (Phi) is 5.39. The summed E-state index contributed by atoms with van der Waals surface area (Å²) in [5.41, 5.74) is 11.6. The van der Waals surface area contributed by atoms with Crippen molar-refractivity contribution in [3.63, 3.8) is 0 Å². The molecule has 0 bridgehead atoms. The molecule has 24 heavy (non-hydrogen) atoms. The van der Waals surface area contributed by atoms with Gasteiger partial charge in [0.2, 0.25) is 0 Å². The fourth-order valence-corrected chi connectivity index (χ4v) is 2.55. The van der Waals surface area contributed by atoms with Crippen LogP contribution in [-0.2, 0) is 0 Å². The van der Waals surface area contributed by atoms with Gasteiger partial charge in [0.1, 0.15) is 5.82 Å². The number of rotatable bonds is 4. The molecule has 0 spiro atoms. The molecular weight excluding hydrogens is 296 g/mol.